The van der Waals surface area contributed by atoms with Crippen molar-refractivity contribution in [3.63, 3.8) is 0 Å². The highest BCUT2D eigenvalue weighted by Gasteiger charge is 2.16. The van der Waals surface area contributed by atoms with Crippen LogP contribution in [0.2, 0.25) is 0 Å². The maximum absolute atomic E-state index is 13.6. The van der Waals surface area contributed by atoms with E-state index < -0.39 is 5.82 Å². The summed E-state index contributed by atoms with van der Waals surface area (Å²) in [5.74, 6) is -0.178. The van der Waals surface area contributed by atoms with Gasteiger partial charge in [0.1, 0.15) is 0 Å². The van der Waals surface area contributed by atoms with Crippen molar-refractivity contribution in [2.45, 2.75) is 25.0 Å². The highest BCUT2D eigenvalue weighted by atomic mass is 19.1. The fraction of sp³-hybridized carbons (Fsp3) is 0.571. The van der Waals surface area contributed by atoms with Crippen LogP contribution in [-0.2, 0) is 9.47 Å². The molecule has 1 fully saturated rings. The average Bonchev–Trinajstić information content (AvgIpc) is 2.45. The molecule has 5 heteroatoms. The number of hydrogen-bond acceptors (Lipinski definition) is 4. The Bertz CT molecular complexity index is 408. The van der Waals surface area contributed by atoms with Gasteiger partial charge in [-0.1, -0.05) is 6.07 Å². The standard InChI is InChI=1S/C14H20FNO3/c1-17-14-3-2-10(8-12(14)15)13(16)9-19-11-4-6-18-7-5-11/h2-3,8,11,13H,4-7,9,16H2,1H3. The van der Waals surface area contributed by atoms with Gasteiger partial charge in [0.05, 0.1) is 25.9 Å². The molecule has 0 bridgehead atoms. The minimum Gasteiger partial charge on any atom is -0.494 e. The van der Waals surface area contributed by atoms with Crippen molar-refractivity contribution in [3.8, 4) is 5.75 Å². The zero-order valence-electron chi connectivity index (χ0n) is 11.1. The second kappa shape index (κ2) is 6.84. The number of rotatable bonds is 5. The lowest BCUT2D eigenvalue weighted by atomic mass is 10.1. The fourth-order valence-corrected chi connectivity index (χ4v) is 2.09. The quantitative estimate of drug-likeness (QED) is 0.888. The first-order chi connectivity index (χ1) is 9.20. The Kier molecular flexibility index (Phi) is 5.13. The van der Waals surface area contributed by atoms with E-state index in [9.17, 15) is 4.39 Å². The van der Waals surface area contributed by atoms with Crippen LogP contribution in [-0.4, -0.2) is 33.0 Å². The summed E-state index contributed by atoms with van der Waals surface area (Å²) in [6.45, 7) is 1.85. The maximum atomic E-state index is 13.6. The molecule has 19 heavy (non-hydrogen) atoms. The summed E-state index contributed by atoms with van der Waals surface area (Å²) in [7, 11) is 1.44. The molecular weight excluding hydrogens is 249 g/mol. The van der Waals surface area contributed by atoms with Gasteiger partial charge in [0.15, 0.2) is 11.6 Å². The highest BCUT2D eigenvalue weighted by molar-refractivity contribution is 5.30. The molecule has 1 atom stereocenters. The number of benzene rings is 1. The largest absolute Gasteiger partial charge is 0.494 e. The van der Waals surface area contributed by atoms with Crippen molar-refractivity contribution in [1.82, 2.24) is 0 Å². The zero-order valence-corrected chi connectivity index (χ0v) is 11.1. The van der Waals surface area contributed by atoms with E-state index in [-0.39, 0.29) is 17.9 Å². The van der Waals surface area contributed by atoms with Crippen molar-refractivity contribution < 1.29 is 18.6 Å². The minimum absolute atomic E-state index is 0.197. The van der Waals surface area contributed by atoms with Crippen molar-refractivity contribution in [1.29, 1.82) is 0 Å². The van der Waals surface area contributed by atoms with Crippen molar-refractivity contribution >= 4 is 0 Å². The maximum Gasteiger partial charge on any atom is 0.165 e. The van der Waals surface area contributed by atoms with Crippen LogP contribution in [0.5, 0.6) is 5.75 Å². The topological polar surface area (TPSA) is 53.7 Å². The summed E-state index contributed by atoms with van der Waals surface area (Å²) in [4.78, 5) is 0. The lowest BCUT2D eigenvalue weighted by molar-refractivity contribution is -0.0358. The van der Waals surface area contributed by atoms with Crippen LogP contribution in [0.15, 0.2) is 18.2 Å². The molecular formula is C14H20FNO3. The van der Waals surface area contributed by atoms with E-state index in [1.807, 2.05) is 0 Å². The summed E-state index contributed by atoms with van der Waals surface area (Å²) < 4.78 is 29.4. The monoisotopic (exact) mass is 269 g/mol. The highest BCUT2D eigenvalue weighted by Crippen LogP contribution is 2.22. The minimum atomic E-state index is -0.401. The summed E-state index contributed by atoms with van der Waals surface area (Å²) in [6, 6.07) is 4.42. The SMILES string of the molecule is COc1ccc(C(N)COC2CCOCC2)cc1F. The number of hydrogen-bond donors (Lipinski definition) is 1. The van der Waals surface area contributed by atoms with E-state index in [0.717, 1.165) is 26.1 Å². The van der Waals surface area contributed by atoms with E-state index in [4.69, 9.17) is 19.9 Å². The van der Waals surface area contributed by atoms with E-state index in [1.165, 1.54) is 13.2 Å². The average molecular weight is 269 g/mol. The second-order valence-electron chi connectivity index (χ2n) is 4.65. The number of ether oxygens (including phenoxy) is 3. The van der Waals surface area contributed by atoms with Gasteiger partial charge in [-0.05, 0) is 30.5 Å². The van der Waals surface area contributed by atoms with Crippen LogP contribution >= 0.6 is 0 Å². The third-order valence-electron chi connectivity index (χ3n) is 3.28. The fourth-order valence-electron chi connectivity index (χ4n) is 2.09. The van der Waals surface area contributed by atoms with Crippen LogP contribution in [0.1, 0.15) is 24.4 Å². The summed E-state index contributed by atoms with van der Waals surface area (Å²) in [5.41, 5.74) is 6.72. The third kappa shape index (κ3) is 3.89. The number of nitrogens with two attached hydrogens (primary N) is 1. The lowest BCUT2D eigenvalue weighted by Gasteiger charge is -2.24. The van der Waals surface area contributed by atoms with Crippen LogP contribution < -0.4 is 10.5 Å². The van der Waals surface area contributed by atoms with Gasteiger partial charge in [-0.15, -0.1) is 0 Å². The molecule has 2 N–H and O–H groups in total. The lowest BCUT2D eigenvalue weighted by Crippen LogP contribution is -2.27. The molecule has 0 saturated carbocycles. The first-order valence-corrected chi connectivity index (χ1v) is 6.49. The molecule has 1 saturated heterocycles. The molecule has 1 aromatic rings. The molecule has 1 unspecified atom stereocenters. The Morgan fingerprint density at radius 3 is 2.79 bits per heavy atom. The third-order valence-corrected chi connectivity index (χ3v) is 3.28. The molecule has 0 amide bonds. The van der Waals surface area contributed by atoms with Gasteiger partial charge in [0.2, 0.25) is 0 Å². The van der Waals surface area contributed by atoms with Crippen molar-refractivity contribution in [3.05, 3.63) is 29.6 Å². The number of halogens is 1. The zero-order chi connectivity index (χ0) is 13.7. The predicted octanol–water partition coefficient (Wildman–Crippen LogP) is 2.03. The molecule has 0 aromatic heterocycles. The molecule has 0 spiro atoms. The molecule has 0 radical (unpaired) electrons. The van der Waals surface area contributed by atoms with E-state index >= 15 is 0 Å². The molecule has 1 heterocycles. The molecule has 0 aliphatic carbocycles. The van der Waals surface area contributed by atoms with Crippen molar-refractivity contribution in [2.75, 3.05) is 26.9 Å². The summed E-state index contributed by atoms with van der Waals surface area (Å²) in [6.07, 6.45) is 1.98. The second-order valence-corrected chi connectivity index (χ2v) is 4.65. The van der Waals surface area contributed by atoms with Gasteiger partial charge in [-0.25, -0.2) is 4.39 Å². The van der Waals surface area contributed by atoms with E-state index in [2.05, 4.69) is 0 Å². The van der Waals surface area contributed by atoms with Gasteiger partial charge in [0, 0.05) is 13.2 Å². The summed E-state index contributed by atoms with van der Waals surface area (Å²) in [5, 5.41) is 0. The van der Waals surface area contributed by atoms with E-state index in [1.54, 1.807) is 12.1 Å². The van der Waals surface area contributed by atoms with Gasteiger partial charge >= 0.3 is 0 Å². The first kappa shape index (κ1) is 14.2. The van der Waals surface area contributed by atoms with Crippen LogP contribution in [0.25, 0.3) is 0 Å². The number of methoxy groups -OCH3 is 1. The Balaban J connectivity index is 1.88. The van der Waals surface area contributed by atoms with Gasteiger partial charge < -0.3 is 19.9 Å². The molecule has 1 aliphatic rings. The Morgan fingerprint density at radius 2 is 2.16 bits per heavy atom. The smallest absolute Gasteiger partial charge is 0.165 e. The molecule has 2 rings (SSSR count). The molecule has 1 aliphatic heterocycles. The first-order valence-electron chi connectivity index (χ1n) is 6.49. The Morgan fingerprint density at radius 1 is 1.42 bits per heavy atom. The van der Waals surface area contributed by atoms with Crippen LogP contribution in [0.3, 0.4) is 0 Å². The Labute approximate surface area is 112 Å². The summed E-state index contributed by atoms with van der Waals surface area (Å²) >= 11 is 0. The van der Waals surface area contributed by atoms with E-state index in [0.29, 0.717) is 12.2 Å². The van der Waals surface area contributed by atoms with Gasteiger partial charge in [-0.2, -0.15) is 0 Å². The predicted molar refractivity (Wildman–Crippen MR) is 69.7 cm³/mol. The molecule has 4 nitrogen and oxygen atoms in total. The van der Waals surface area contributed by atoms with Gasteiger partial charge in [0.25, 0.3) is 0 Å². The van der Waals surface area contributed by atoms with Gasteiger partial charge in [-0.3, -0.25) is 0 Å². The van der Waals surface area contributed by atoms with Crippen LogP contribution in [0.4, 0.5) is 4.39 Å². The molecule has 1 aromatic carbocycles. The van der Waals surface area contributed by atoms with Crippen LogP contribution in [0, 0.1) is 5.82 Å². The Hall–Kier alpha value is -1.17. The normalized spacial score (nSPS) is 18.3. The van der Waals surface area contributed by atoms with Crippen molar-refractivity contribution in [2.24, 2.45) is 5.73 Å². The molecule has 106 valence electrons.